The number of hydrogen-bond acceptors (Lipinski definition) is 5. The molecule has 0 aromatic carbocycles. The van der Waals surface area contributed by atoms with Gasteiger partial charge >= 0.3 is 0 Å². The number of likely N-dealkylation sites (tertiary alicyclic amines) is 1. The van der Waals surface area contributed by atoms with Crippen LogP contribution in [0.15, 0.2) is 27.8 Å². The van der Waals surface area contributed by atoms with E-state index in [2.05, 4.69) is 25.2 Å². The molecule has 162 valence electrons. The van der Waals surface area contributed by atoms with Crippen LogP contribution in [0.2, 0.25) is 0 Å². The van der Waals surface area contributed by atoms with Crippen molar-refractivity contribution in [1.82, 2.24) is 20.3 Å². The zero-order valence-corrected chi connectivity index (χ0v) is 20.3. The van der Waals surface area contributed by atoms with Gasteiger partial charge in [0.15, 0.2) is 5.96 Å². The molecular formula is C18H34IN5O3S. The largest absolute Gasteiger partial charge is 0.468 e. The van der Waals surface area contributed by atoms with Crippen molar-refractivity contribution in [3.8, 4) is 0 Å². The summed E-state index contributed by atoms with van der Waals surface area (Å²) in [5.41, 5.74) is -0.627. The summed E-state index contributed by atoms with van der Waals surface area (Å²) in [5, 5.41) is 6.55. The molecule has 0 amide bonds. The topological polar surface area (TPSA) is 99.0 Å². The predicted octanol–water partition coefficient (Wildman–Crippen LogP) is 1.92. The fourth-order valence-electron chi connectivity index (χ4n) is 3.38. The van der Waals surface area contributed by atoms with Crippen molar-refractivity contribution in [2.75, 3.05) is 39.5 Å². The van der Waals surface area contributed by atoms with Crippen molar-refractivity contribution in [1.29, 1.82) is 0 Å². The first-order chi connectivity index (χ1) is 12.7. The smallest absolute Gasteiger partial charge is 0.209 e. The highest BCUT2D eigenvalue weighted by Crippen LogP contribution is 2.24. The molecular weight excluding hydrogens is 493 g/mol. The SMILES string of the molecule is CN=C(NCC(c1ccco1)N1CCCCC1)NCC(C)(C)NS(C)(=O)=O.I. The van der Waals surface area contributed by atoms with Crippen LogP contribution in [0, 0.1) is 0 Å². The lowest BCUT2D eigenvalue weighted by Crippen LogP contribution is -2.53. The predicted molar refractivity (Wildman–Crippen MR) is 124 cm³/mol. The Morgan fingerprint density at radius 1 is 1.29 bits per heavy atom. The van der Waals surface area contributed by atoms with Gasteiger partial charge in [-0.05, 0) is 51.9 Å². The van der Waals surface area contributed by atoms with Crippen LogP contribution < -0.4 is 15.4 Å². The third kappa shape index (κ3) is 8.66. The van der Waals surface area contributed by atoms with E-state index >= 15 is 0 Å². The average Bonchev–Trinajstić information content (AvgIpc) is 3.11. The van der Waals surface area contributed by atoms with Gasteiger partial charge in [-0.3, -0.25) is 9.89 Å². The molecule has 1 aromatic rings. The van der Waals surface area contributed by atoms with Crippen LogP contribution in [-0.4, -0.2) is 64.3 Å². The second-order valence-corrected chi connectivity index (χ2v) is 9.44. The number of sulfonamides is 1. The minimum absolute atomic E-state index is 0. The number of hydrogen-bond donors (Lipinski definition) is 3. The molecule has 0 spiro atoms. The minimum Gasteiger partial charge on any atom is -0.468 e. The summed E-state index contributed by atoms with van der Waals surface area (Å²) in [6, 6.07) is 4.07. The summed E-state index contributed by atoms with van der Waals surface area (Å²) in [4.78, 5) is 6.70. The van der Waals surface area contributed by atoms with Crippen molar-refractivity contribution < 1.29 is 12.8 Å². The van der Waals surface area contributed by atoms with Crippen LogP contribution in [0.25, 0.3) is 0 Å². The van der Waals surface area contributed by atoms with Gasteiger partial charge in [-0.15, -0.1) is 24.0 Å². The Kier molecular flexibility index (Phi) is 10.2. The Labute approximate surface area is 186 Å². The molecule has 1 aliphatic heterocycles. The molecule has 0 saturated carbocycles. The monoisotopic (exact) mass is 527 g/mol. The van der Waals surface area contributed by atoms with Crippen molar-refractivity contribution >= 4 is 40.0 Å². The minimum atomic E-state index is -3.28. The highest BCUT2D eigenvalue weighted by Gasteiger charge is 2.25. The van der Waals surface area contributed by atoms with Gasteiger partial charge < -0.3 is 15.1 Å². The number of guanidine groups is 1. The third-order valence-electron chi connectivity index (χ3n) is 4.55. The zero-order valence-electron chi connectivity index (χ0n) is 17.2. The maximum absolute atomic E-state index is 11.5. The number of furan rings is 1. The molecule has 8 nitrogen and oxygen atoms in total. The van der Waals surface area contributed by atoms with Gasteiger partial charge in [0.25, 0.3) is 0 Å². The van der Waals surface area contributed by atoms with Crippen LogP contribution in [-0.2, 0) is 10.0 Å². The van der Waals surface area contributed by atoms with E-state index in [1.807, 2.05) is 26.0 Å². The molecule has 1 aromatic heterocycles. The molecule has 28 heavy (non-hydrogen) atoms. The van der Waals surface area contributed by atoms with Gasteiger partial charge in [-0.2, -0.15) is 0 Å². The van der Waals surface area contributed by atoms with Crippen LogP contribution in [0.3, 0.4) is 0 Å². The lowest BCUT2D eigenvalue weighted by molar-refractivity contribution is 0.146. The first-order valence-corrected chi connectivity index (χ1v) is 11.3. The van der Waals surface area contributed by atoms with E-state index < -0.39 is 15.6 Å². The van der Waals surface area contributed by atoms with Gasteiger partial charge in [0.1, 0.15) is 5.76 Å². The molecule has 1 saturated heterocycles. The number of nitrogens with one attached hydrogen (secondary N) is 3. The molecule has 0 bridgehead atoms. The molecule has 1 unspecified atom stereocenters. The number of nitrogens with zero attached hydrogens (tertiary/aromatic N) is 2. The van der Waals surface area contributed by atoms with E-state index in [0.29, 0.717) is 19.0 Å². The van der Waals surface area contributed by atoms with Gasteiger partial charge in [-0.25, -0.2) is 13.1 Å². The first-order valence-electron chi connectivity index (χ1n) is 9.41. The van der Waals surface area contributed by atoms with Gasteiger partial charge in [0.2, 0.25) is 10.0 Å². The summed E-state index contributed by atoms with van der Waals surface area (Å²) in [5.74, 6) is 1.57. The van der Waals surface area contributed by atoms with Crippen LogP contribution in [0.4, 0.5) is 0 Å². The quantitative estimate of drug-likeness (QED) is 0.272. The number of aliphatic imine (C=N–C) groups is 1. The normalized spacial score (nSPS) is 17.6. The van der Waals surface area contributed by atoms with Gasteiger partial charge in [0.05, 0.1) is 18.6 Å². The Morgan fingerprint density at radius 3 is 2.50 bits per heavy atom. The lowest BCUT2D eigenvalue weighted by Gasteiger charge is -2.34. The van der Waals surface area contributed by atoms with Crippen LogP contribution in [0.1, 0.15) is 44.9 Å². The van der Waals surface area contributed by atoms with E-state index in [4.69, 9.17) is 4.42 Å². The number of piperidine rings is 1. The van der Waals surface area contributed by atoms with Gasteiger partial charge in [-0.1, -0.05) is 6.42 Å². The van der Waals surface area contributed by atoms with Crippen LogP contribution >= 0.6 is 24.0 Å². The van der Waals surface area contributed by atoms with Crippen LogP contribution in [0.5, 0.6) is 0 Å². The summed E-state index contributed by atoms with van der Waals surface area (Å²) in [6.07, 6.45) is 6.55. The fraction of sp³-hybridized carbons (Fsp3) is 0.722. The Hall–Kier alpha value is -0.850. The summed E-state index contributed by atoms with van der Waals surface area (Å²) in [7, 11) is -1.57. The highest BCUT2D eigenvalue weighted by molar-refractivity contribution is 14.0. The highest BCUT2D eigenvalue weighted by atomic mass is 127. The Morgan fingerprint density at radius 2 is 1.96 bits per heavy atom. The fourth-order valence-corrected chi connectivity index (χ4v) is 4.45. The molecule has 0 aliphatic carbocycles. The maximum Gasteiger partial charge on any atom is 0.209 e. The maximum atomic E-state index is 11.5. The molecule has 1 fully saturated rings. The van der Waals surface area contributed by atoms with E-state index in [1.54, 1.807) is 13.3 Å². The molecule has 2 rings (SSSR count). The Bertz CT molecular complexity index is 701. The average molecular weight is 527 g/mol. The molecule has 3 N–H and O–H groups in total. The second-order valence-electron chi connectivity index (χ2n) is 7.69. The van der Waals surface area contributed by atoms with Gasteiger partial charge in [0, 0.05) is 25.7 Å². The standard InChI is InChI=1S/C18H33N5O3S.HI/c1-18(2,22-27(4,24)25)14-21-17(19-3)20-13-15(16-9-8-12-26-16)23-10-6-5-7-11-23;/h8-9,12,15,22H,5-7,10-11,13-14H2,1-4H3,(H2,19,20,21);1H. The van der Waals surface area contributed by atoms with E-state index in [-0.39, 0.29) is 30.0 Å². The third-order valence-corrected chi connectivity index (χ3v) is 5.47. The summed E-state index contributed by atoms with van der Waals surface area (Å²) < 4.78 is 31.2. The molecule has 1 aliphatic rings. The van der Waals surface area contributed by atoms with Crippen molar-refractivity contribution in [3.63, 3.8) is 0 Å². The van der Waals surface area contributed by atoms with E-state index in [9.17, 15) is 8.42 Å². The number of halogens is 1. The van der Waals surface area contributed by atoms with Crippen molar-refractivity contribution in [2.24, 2.45) is 4.99 Å². The second kappa shape index (κ2) is 11.4. The summed E-state index contributed by atoms with van der Waals surface area (Å²) in [6.45, 7) is 6.85. The summed E-state index contributed by atoms with van der Waals surface area (Å²) >= 11 is 0. The van der Waals surface area contributed by atoms with E-state index in [0.717, 1.165) is 25.1 Å². The number of rotatable bonds is 8. The first kappa shape index (κ1) is 25.2. The van der Waals surface area contributed by atoms with Crippen molar-refractivity contribution in [3.05, 3.63) is 24.2 Å². The molecule has 0 radical (unpaired) electrons. The zero-order chi connectivity index (χ0) is 19.9. The molecule has 1 atom stereocenters. The Balaban J connectivity index is 0.00000392. The molecule has 2 heterocycles. The molecule has 10 heteroatoms. The van der Waals surface area contributed by atoms with E-state index in [1.165, 1.54) is 19.3 Å². The van der Waals surface area contributed by atoms with Crippen molar-refractivity contribution in [2.45, 2.75) is 44.7 Å². The lowest BCUT2D eigenvalue weighted by atomic mass is 10.1.